The highest BCUT2D eigenvalue weighted by atomic mass is 16.5. The molecule has 19 heavy (non-hydrogen) atoms. The molecule has 98 valence electrons. The Hall–Kier alpha value is -2.36. The van der Waals surface area contributed by atoms with Crippen LogP contribution in [0.15, 0.2) is 48.8 Å². The number of carbonyl (C=O) groups is 1. The van der Waals surface area contributed by atoms with Crippen LogP contribution in [-0.2, 0) is 17.8 Å². The second-order valence-electron chi connectivity index (χ2n) is 4.13. The van der Waals surface area contributed by atoms with E-state index in [1.165, 1.54) is 0 Å². The average molecular weight is 256 g/mol. The molecule has 0 aliphatic carbocycles. The molecule has 0 fully saturated rings. The van der Waals surface area contributed by atoms with Crippen molar-refractivity contribution < 1.29 is 9.53 Å². The fourth-order valence-corrected chi connectivity index (χ4v) is 1.79. The number of pyridine rings is 1. The SMILES string of the molecule is COc1ccccc1CC(=O)NCc1cccnc1. The molecule has 0 aliphatic rings. The van der Waals surface area contributed by atoms with Crippen LogP contribution in [0.2, 0.25) is 0 Å². The molecule has 0 aliphatic heterocycles. The van der Waals surface area contributed by atoms with Crippen LogP contribution in [0.5, 0.6) is 5.75 Å². The highest BCUT2D eigenvalue weighted by Gasteiger charge is 2.07. The number of amides is 1. The Morgan fingerprint density at radius 2 is 2.11 bits per heavy atom. The van der Waals surface area contributed by atoms with E-state index in [2.05, 4.69) is 10.3 Å². The molecule has 1 N–H and O–H groups in total. The minimum atomic E-state index is -0.0339. The second kappa shape index (κ2) is 6.54. The summed E-state index contributed by atoms with van der Waals surface area (Å²) < 4.78 is 5.22. The molecular formula is C15H16N2O2. The molecule has 0 bridgehead atoms. The molecule has 2 aromatic rings. The third-order valence-electron chi connectivity index (χ3n) is 2.76. The summed E-state index contributed by atoms with van der Waals surface area (Å²) >= 11 is 0. The van der Waals surface area contributed by atoms with Crippen molar-refractivity contribution >= 4 is 5.91 Å². The van der Waals surface area contributed by atoms with Gasteiger partial charge in [-0.05, 0) is 17.7 Å². The largest absolute Gasteiger partial charge is 0.496 e. The lowest BCUT2D eigenvalue weighted by Gasteiger charge is -2.08. The molecule has 0 spiro atoms. The van der Waals surface area contributed by atoms with Gasteiger partial charge in [-0.25, -0.2) is 0 Å². The van der Waals surface area contributed by atoms with Gasteiger partial charge >= 0.3 is 0 Å². The van der Waals surface area contributed by atoms with Gasteiger partial charge in [0.1, 0.15) is 5.75 Å². The van der Waals surface area contributed by atoms with E-state index in [9.17, 15) is 4.79 Å². The van der Waals surface area contributed by atoms with Crippen molar-refractivity contribution in [2.45, 2.75) is 13.0 Å². The number of hydrogen-bond donors (Lipinski definition) is 1. The monoisotopic (exact) mass is 256 g/mol. The van der Waals surface area contributed by atoms with Gasteiger partial charge in [0.25, 0.3) is 0 Å². The lowest BCUT2D eigenvalue weighted by atomic mass is 10.1. The van der Waals surface area contributed by atoms with E-state index in [0.29, 0.717) is 13.0 Å². The van der Waals surface area contributed by atoms with E-state index in [4.69, 9.17) is 4.74 Å². The van der Waals surface area contributed by atoms with Crippen molar-refractivity contribution in [1.29, 1.82) is 0 Å². The molecule has 1 aromatic carbocycles. The normalized spacial score (nSPS) is 9.95. The van der Waals surface area contributed by atoms with Gasteiger partial charge in [0.2, 0.25) is 5.91 Å². The van der Waals surface area contributed by atoms with Crippen LogP contribution in [-0.4, -0.2) is 18.0 Å². The molecule has 1 heterocycles. The van der Waals surface area contributed by atoms with E-state index in [1.54, 1.807) is 19.5 Å². The van der Waals surface area contributed by atoms with Gasteiger partial charge in [0.15, 0.2) is 0 Å². The lowest BCUT2D eigenvalue weighted by Crippen LogP contribution is -2.24. The minimum absolute atomic E-state index is 0.0339. The molecule has 4 nitrogen and oxygen atoms in total. The maximum atomic E-state index is 11.9. The molecule has 0 unspecified atom stereocenters. The van der Waals surface area contributed by atoms with Gasteiger partial charge in [-0.2, -0.15) is 0 Å². The summed E-state index contributed by atoms with van der Waals surface area (Å²) in [6.45, 7) is 0.488. The second-order valence-corrected chi connectivity index (χ2v) is 4.13. The van der Waals surface area contributed by atoms with Crippen LogP contribution >= 0.6 is 0 Å². The van der Waals surface area contributed by atoms with E-state index >= 15 is 0 Å². The molecular weight excluding hydrogens is 240 g/mol. The zero-order valence-corrected chi connectivity index (χ0v) is 10.8. The average Bonchev–Trinajstić information content (AvgIpc) is 2.47. The Balaban J connectivity index is 1.91. The number of aromatic nitrogens is 1. The number of rotatable bonds is 5. The van der Waals surface area contributed by atoms with Crippen LogP contribution < -0.4 is 10.1 Å². The summed E-state index contributed by atoms with van der Waals surface area (Å²) in [5.74, 6) is 0.701. The number of nitrogens with one attached hydrogen (secondary N) is 1. The molecule has 2 rings (SSSR count). The van der Waals surface area contributed by atoms with Crippen LogP contribution in [0.3, 0.4) is 0 Å². The number of benzene rings is 1. The number of nitrogens with zero attached hydrogens (tertiary/aromatic N) is 1. The maximum Gasteiger partial charge on any atom is 0.224 e. The van der Waals surface area contributed by atoms with Crippen LogP contribution in [0.25, 0.3) is 0 Å². The maximum absolute atomic E-state index is 11.9. The van der Waals surface area contributed by atoms with Crippen molar-refractivity contribution in [2.75, 3.05) is 7.11 Å². The van der Waals surface area contributed by atoms with E-state index in [0.717, 1.165) is 16.9 Å². The number of methoxy groups -OCH3 is 1. The third kappa shape index (κ3) is 3.81. The highest BCUT2D eigenvalue weighted by Crippen LogP contribution is 2.17. The topological polar surface area (TPSA) is 51.2 Å². The van der Waals surface area contributed by atoms with Gasteiger partial charge in [0.05, 0.1) is 13.5 Å². The van der Waals surface area contributed by atoms with Gasteiger partial charge in [-0.1, -0.05) is 24.3 Å². The number of ether oxygens (including phenoxy) is 1. The first-order valence-electron chi connectivity index (χ1n) is 6.07. The van der Waals surface area contributed by atoms with E-state index in [-0.39, 0.29) is 5.91 Å². The summed E-state index contributed by atoms with van der Waals surface area (Å²) in [6.07, 6.45) is 3.76. The summed E-state index contributed by atoms with van der Waals surface area (Å²) in [4.78, 5) is 15.9. The molecule has 0 saturated heterocycles. The Morgan fingerprint density at radius 1 is 1.26 bits per heavy atom. The fraction of sp³-hybridized carbons (Fsp3) is 0.200. The Kier molecular flexibility index (Phi) is 4.50. The van der Waals surface area contributed by atoms with Crippen molar-refractivity contribution in [3.63, 3.8) is 0 Å². The molecule has 1 amide bonds. The standard InChI is InChI=1S/C15H16N2O2/c1-19-14-7-3-2-6-13(14)9-15(18)17-11-12-5-4-8-16-10-12/h2-8,10H,9,11H2,1H3,(H,17,18). The van der Waals surface area contributed by atoms with Crippen molar-refractivity contribution in [1.82, 2.24) is 10.3 Å². The summed E-state index contributed by atoms with van der Waals surface area (Å²) in [7, 11) is 1.60. The molecule has 4 heteroatoms. The Bertz CT molecular complexity index is 541. The third-order valence-corrected chi connectivity index (χ3v) is 2.76. The first kappa shape index (κ1) is 13.1. The van der Waals surface area contributed by atoms with Gasteiger partial charge in [-0.3, -0.25) is 9.78 Å². The van der Waals surface area contributed by atoms with Gasteiger partial charge < -0.3 is 10.1 Å². The lowest BCUT2D eigenvalue weighted by molar-refractivity contribution is -0.120. The van der Waals surface area contributed by atoms with Crippen molar-refractivity contribution in [2.24, 2.45) is 0 Å². The smallest absolute Gasteiger partial charge is 0.224 e. The number of hydrogen-bond acceptors (Lipinski definition) is 3. The van der Waals surface area contributed by atoms with Crippen molar-refractivity contribution in [3.05, 3.63) is 59.9 Å². The van der Waals surface area contributed by atoms with Gasteiger partial charge in [0, 0.05) is 24.5 Å². The molecule has 1 aromatic heterocycles. The number of para-hydroxylation sites is 1. The van der Waals surface area contributed by atoms with Crippen molar-refractivity contribution in [3.8, 4) is 5.75 Å². The molecule has 0 atom stereocenters. The molecule has 0 saturated carbocycles. The van der Waals surface area contributed by atoms with Crippen LogP contribution in [0.1, 0.15) is 11.1 Å². The number of carbonyl (C=O) groups excluding carboxylic acids is 1. The summed E-state index contributed by atoms with van der Waals surface area (Å²) in [5, 5.41) is 2.86. The first-order valence-corrected chi connectivity index (χ1v) is 6.07. The van der Waals surface area contributed by atoms with E-state index < -0.39 is 0 Å². The zero-order chi connectivity index (χ0) is 13.5. The quantitative estimate of drug-likeness (QED) is 0.889. The zero-order valence-electron chi connectivity index (χ0n) is 10.8. The van der Waals surface area contributed by atoms with E-state index in [1.807, 2.05) is 36.4 Å². The summed E-state index contributed by atoms with van der Waals surface area (Å²) in [5.41, 5.74) is 1.87. The molecule has 0 radical (unpaired) electrons. The Morgan fingerprint density at radius 3 is 2.84 bits per heavy atom. The minimum Gasteiger partial charge on any atom is -0.496 e. The predicted octanol–water partition coefficient (Wildman–Crippen LogP) is 1.95. The van der Waals surface area contributed by atoms with Crippen LogP contribution in [0.4, 0.5) is 0 Å². The van der Waals surface area contributed by atoms with Crippen LogP contribution in [0, 0.1) is 0 Å². The first-order chi connectivity index (χ1) is 9.29. The predicted molar refractivity (Wildman–Crippen MR) is 72.8 cm³/mol. The Labute approximate surface area is 112 Å². The fourth-order valence-electron chi connectivity index (χ4n) is 1.79. The highest BCUT2D eigenvalue weighted by molar-refractivity contribution is 5.79. The van der Waals surface area contributed by atoms with Gasteiger partial charge in [-0.15, -0.1) is 0 Å². The summed E-state index contributed by atoms with van der Waals surface area (Å²) in [6, 6.07) is 11.3.